The van der Waals surface area contributed by atoms with Gasteiger partial charge in [0.2, 0.25) is 15.9 Å². The largest absolute Gasteiger partial charge is 0.326 e. The summed E-state index contributed by atoms with van der Waals surface area (Å²) < 4.78 is 71.0. The first-order valence-corrected chi connectivity index (χ1v) is 15.9. The maximum atomic E-state index is 15.2. The van der Waals surface area contributed by atoms with Gasteiger partial charge in [-0.25, -0.2) is 21.6 Å². The maximum Gasteiger partial charge on any atom is 0.243 e. The van der Waals surface area contributed by atoms with Gasteiger partial charge < -0.3 is 10.6 Å². The summed E-state index contributed by atoms with van der Waals surface area (Å²) in [5, 5.41) is 6.16. The van der Waals surface area contributed by atoms with Crippen LogP contribution in [0.3, 0.4) is 0 Å². The first-order valence-electron chi connectivity index (χ1n) is 14.5. The van der Waals surface area contributed by atoms with E-state index in [9.17, 15) is 22.0 Å². The van der Waals surface area contributed by atoms with E-state index in [1.165, 1.54) is 40.7 Å². The Morgan fingerprint density at radius 3 is 2.11 bits per heavy atom. The van der Waals surface area contributed by atoms with E-state index in [2.05, 4.69) is 10.6 Å². The van der Waals surface area contributed by atoms with E-state index in [0.717, 1.165) is 0 Å². The van der Waals surface area contributed by atoms with Gasteiger partial charge in [-0.2, -0.15) is 4.31 Å². The third-order valence-corrected chi connectivity index (χ3v) is 9.90. The van der Waals surface area contributed by atoms with Crippen molar-refractivity contribution in [2.75, 3.05) is 18.4 Å². The lowest BCUT2D eigenvalue weighted by atomic mass is 9.88. The highest BCUT2D eigenvalue weighted by Gasteiger charge is 2.35. The molecule has 1 aliphatic heterocycles. The summed E-state index contributed by atoms with van der Waals surface area (Å²) in [7, 11) is -3.78. The van der Waals surface area contributed by atoms with Crippen molar-refractivity contribution in [2.45, 2.75) is 49.1 Å². The number of hydrogen-bond donors (Lipinski definition) is 2. The highest BCUT2D eigenvalue weighted by molar-refractivity contribution is 7.89. The van der Waals surface area contributed by atoms with Crippen LogP contribution in [0.1, 0.15) is 42.4 Å². The van der Waals surface area contributed by atoms with Crippen molar-refractivity contribution in [3.63, 3.8) is 0 Å². The zero-order valence-corrected chi connectivity index (χ0v) is 25.0. The molecule has 0 saturated carbocycles. The summed E-state index contributed by atoms with van der Waals surface area (Å²) >= 11 is 0. The molecule has 44 heavy (non-hydrogen) atoms. The number of sulfonamides is 1. The van der Waals surface area contributed by atoms with Crippen LogP contribution in [0, 0.1) is 17.5 Å². The van der Waals surface area contributed by atoms with Crippen LogP contribution in [-0.2, 0) is 21.2 Å². The number of nitrogens with one attached hydrogen (secondary N) is 2. The molecule has 10 heteroatoms. The van der Waals surface area contributed by atoms with Crippen LogP contribution in [0.5, 0.6) is 0 Å². The van der Waals surface area contributed by atoms with Gasteiger partial charge in [-0.1, -0.05) is 48.5 Å². The summed E-state index contributed by atoms with van der Waals surface area (Å²) in [5.41, 5.74) is 1.91. The molecule has 5 rings (SSSR count). The monoisotopic (exact) mass is 621 g/mol. The number of amides is 1. The first-order chi connectivity index (χ1) is 21.1. The van der Waals surface area contributed by atoms with Crippen LogP contribution >= 0.6 is 0 Å². The molecule has 1 saturated heterocycles. The molecule has 230 valence electrons. The van der Waals surface area contributed by atoms with Crippen molar-refractivity contribution >= 4 is 21.6 Å². The molecule has 0 radical (unpaired) electrons. The Labute approximate surface area is 256 Å². The lowest BCUT2D eigenvalue weighted by Gasteiger charge is -2.38. The predicted octanol–water partition coefficient (Wildman–Crippen LogP) is 6.25. The summed E-state index contributed by atoms with van der Waals surface area (Å²) in [5.74, 6) is -2.25. The summed E-state index contributed by atoms with van der Waals surface area (Å²) in [6, 6.07) is 23.7. The Balaban J connectivity index is 1.34. The molecule has 0 unspecified atom stereocenters. The van der Waals surface area contributed by atoms with Gasteiger partial charge in [-0.05, 0) is 79.4 Å². The first kappa shape index (κ1) is 31.4. The fourth-order valence-corrected chi connectivity index (χ4v) is 7.40. The lowest BCUT2D eigenvalue weighted by molar-refractivity contribution is -0.116. The molecule has 0 aromatic heterocycles. The Morgan fingerprint density at radius 2 is 1.50 bits per heavy atom. The quantitative estimate of drug-likeness (QED) is 0.220. The number of nitrogens with zero attached hydrogens (tertiary/aromatic N) is 1. The Hall–Kier alpha value is -3.99. The zero-order valence-electron chi connectivity index (χ0n) is 24.2. The Bertz CT molecular complexity index is 1640. The van der Waals surface area contributed by atoms with Crippen LogP contribution in [0.2, 0.25) is 0 Å². The number of rotatable bonds is 10. The molecular formula is C34H34F3N3O3S. The number of benzene rings is 4. The second-order valence-electron chi connectivity index (χ2n) is 11.1. The summed E-state index contributed by atoms with van der Waals surface area (Å²) in [4.78, 5) is 13.6. The molecule has 2 N–H and O–H groups in total. The standard InChI is InChI=1S/C34H34F3N3O3S/c1-23-22-40(44(42,43)29-6-3-2-4-7-29)28(21-38-23)18-19-30-32(37)8-5-9-33(30)39-34(41)20-31(24-10-14-26(35)15-11-24)25-12-16-27(36)17-13-25/h2-17,23,28,31,38H,18-22H2,1H3,(H,39,41)/t23-,28+/m1/s1. The highest BCUT2D eigenvalue weighted by atomic mass is 32.2. The Morgan fingerprint density at radius 1 is 0.886 bits per heavy atom. The van der Waals surface area contributed by atoms with E-state index >= 15 is 4.39 Å². The van der Waals surface area contributed by atoms with Gasteiger partial charge in [-0.15, -0.1) is 0 Å². The van der Waals surface area contributed by atoms with Crippen LogP contribution in [0.25, 0.3) is 0 Å². The summed E-state index contributed by atoms with van der Waals surface area (Å²) in [6.07, 6.45) is 0.452. The SMILES string of the molecule is C[C@@H]1CN(S(=O)(=O)c2ccccc2)[C@@H](CCc2c(F)cccc2NC(=O)CC(c2ccc(F)cc2)c2ccc(F)cc2)CN1. The number of hydrogen-bond acceptors (Lipinski definition) is 4. The topological polar surface area (TPSA) is 78.5 Å². The van der Waals surface area contributed by atoms with Crippen LogP contribution < -0.4 is 10.6 Å². The van der Waals surface area contributed by atoms with Crippen molar-refractivity contribution in [1.82, 2.24) is 9.62 Å². The predicted molar refractivity (Wildman–Crippen MR) is 164 cm³/mol. The van der Waals surface area contributed by atoms with Crippen molar-refractivity contribution in [3.8, 4) is 0 Å². The second kappa shape index (κ2) is 13.8. The molecule has 0 spiro atoms. The lowest BCUT2D eigenvalue weighted by Crippen LogP contribution is -2.57. The third kappa shape index (κ3) is 7.38. The molecule has 1 aliphatic rings. The Kier molecular flexibility index (Phi) is 9.83. The number of carbonyl (C=O) groups excluding carboxylic acids is 1. The molecule has 4 aromatic rings. The average Bonchev–Trinajstić information content (AvgIpc) is 3.01. The second-order valence-corrected chi connectivity index (χ2v) is 13.0. The molecule has 1 amide bonds. The van der Waals surface area contributed by atoms with Crippen molar-refractivity contribution < 1.29 is 26.4 Å². The molecule has 2 atom stereocenters. The van der Waals surface area contributed by atoms with Gasteiger partial charge in [0.25, 0.3) is 0 Å². The van der Waals surface area contributed by atoms with Gasteiger partial charge in [0, 0.05) is 48.8 Å². The van der Waals surface area contributed by atoms with E-state index in [0.29, 0.717) is 29.8 Å². The minimum absolute atomic E-state index is 0.0526. The third-order valence-electron chi connectivity index (χ3n) is 7.97. The van der Waals surface area contributed by atoms with E-state index in [4.69, 9.17) is 0 Å². The van der Waals surface area contributed by atoms with E-state index in [-0.39, 0.29) is 35.9 Å². The molecule has 0 bridgehead atoms. The highest BCUT2D eigenvalue weighted by Crippen LogP contribution is 2.31. The number of anilines is 1. The van der Waals surface area contributed by atoms with Crippen molar-refractivity contribution in [3.05, 3.63) is 131 Å². The fraction of sp³-hybridized carbons (Fsp3) is 0.265. The van der Waals surface area contributed by atoms with Gasteiger partial charge >= 0.3 is 0 Å². The van der Waals surface area contributed by atoms with E-state index in [1.807, 2.05) is 6.92 Å². The van der Waals surface area contributed by atoms with Gasteiger partial charge in [0.1, 0.15) is 17.5 Å². The molecule has 1 heterocycles. The van der Waals surface area contributed by atoms with Crippen LogP contribution in [0.15, 0.2) is 102 Å². The smallest absolute Gasteiger partial charge is 0.243 e. The number of piperazine rings is 1. The van der Waals surface area contributed by atoms with E-state index < -0.39 is 45.3 Å². The zero-order chi connectivity index (χ0) is 31.3. The minimum Gasteiger partial charge on any atom is -0.326 e. The van der Waals surface area contributed by atoms with E-state index in [1.54, 1.807) is 60.7 Å². The van der Waals surface area contributed by atoms with Crippen molar-refractivity contribution in [1.29, 1.82) is 0 Å². The normalized spacial score (nSPS) is 17.5. The maximum absolute atomic E-state index is 15.2. The van der Waals surface area contributed by atoms with Crippen LogP contribution in [-0.4, -0.2) is 43.8 Å². The fourth-order valence-electron chi connectivity index (χ4n) is 5.64. The number of halogens is 3. The molecule has 6 nitrogen and oxygen atoms in total. The minimum atomic E-state index is -3.78. The molecule has 0 aliphatic carbocycles. The molecular weight excluding hydrogens is 587 g/mol. The molecule has 4 aromatic carbocycles. The van der Waals surface area contributed by atoms with Crippen LogP contribution in [0.4, 0.5) is 18.9 Å². The van der Waals surface area contributed by atoms with Gasteiger partial charge in [0.05, 0.1) is 4.90 Å². The summed E-state index contributed by atoms with van der Waals surface area (Å²) in [6.45, 7) is 2.59. The van der Waals surface area contributed by atoms with Crippen molar-refractivity contribution in [2.24, 2.45) is 0 Å². The van der Waals surface area contributed by atoms with Gasteiger partial charge in [0.15, 0.2) is 0 Å². The average molecular weight is 622 g/mol. The molecule has 1 fully saturated rings. The van der Waals surface area contributed by atoms with Gasteiger partial charge in [-0.3, -0.25) is 4.79 Å². The number of carbonyl (C=O) groups is 1.